The van der Waals surface area contributed by atoms with Crippen LogP contribution >= 0.6 is 11.6 Å². The summed E-state index contributed by atoms with van der Waals surface area (Å²) in [5.74, 6) is -0.491. The van der Waals surface area contributed by atoms with Crippen molar-refractivity contribution < 1.29 is 14.3 Å². The lowest BCUT2D eigenvalue weighted by molar-refractivity contribution is -0.143. The Kier molecular flexibility index (Phi) is 2.43. The van der Waals surface area contributed by atoms with Crippen molar-refractivity contribution in [3.05, 3.63) is 35.0 Å². The molecule has 0 saturated heterocycles. The fourth-order valence-electron chi connectivity index (χ4n) is 1.43. The Labute approximate surface area is 97.6 Å². The van der Waals surface area contributed by atoms with E-state index in [0.29, 0.717) is 16.4 Å². The van der Waals surface area contributed by atoms with Gasteiger partial charge in [0.1, 0.15) is 16.8 Å². The molecule has 16 heavy (non-hydrogen) atoms. The third-order valence-electron chi connectivity index (χ3n) is 2.63. The van der Waals surface area contributed by atoms with E-state index in [2.05, 4.69) is 0 Å². The van der Waals surface area contributed by atoms with E-state index in [0.717, 1.165) is 5.39 Å². The minimum atomic E-state index is -1.04. The topological polar surface area (TPSA) is 50.4 Å². The number of benzene rings is 1. The maximum Gasteiger partial charge on any atom is 0.316 e. The Hall–Kier alpha value is -1.48. The molecule has 1 heterocycles. The minimum absolute atomic E-state index is 0.428. The summed E-state index contributed by atoms with van der Waals surface area (Å²) in [6.45, 7) is 3.21. The number of furan rings is 1. The van der Waals surface area contributed by atoms with Crippen molar-refractivity contribution in [3.63, 3.8) is 0 Å². The van der Waals surface area contributed by atoms with E-state index in [-0.39, 0.29) is 0 Å². The highest BCUT2D eigenvalue weighted by Crippen LogP contribution is 2.30. The molecular weight excluding hydrogens is 228 g/mol. The minimum Gasteiger partial charge on any atom is -0.481 e. The first-order chi connectivity index (χ1) is 7.41. The lowest BCUT2D eigenvalue weighted by atomic mass is 9.90. The Balaban J connectivity index is 2.59. The molecule has 0 spiro atoms. The smallest absolute Gasteiger partial charge is 0.316 e. The van der Waals surface area contributed by atoms with Crippen molar-refractivity contribution in [2.45, 2.75) is 19.3 Å². The number of carboxylic acid groups (broad SMARTS) is 1. The van der Waals surface area contributed by atoms with Crippen LogP contribution in [0.15, 0.2) is 28.7 Å². The zero-order valence-corrected chi connectivity index (χ0v) is 9.71. The normalized spacial score (nSPS) is 11.9. The maximum atomic E-state index is 11.1. The Morgan fingerprint density at radius 3 is 2.69 bits per heavy atom. The van der Waals surface area contributed by atoms with Crippen molar-refractivity contribution in [2.75, 3.05) is 0 Å². The molecule has 0 aliphatic heterocycles. The number of hydrogen-bond donors (Lipinski definition) is 1. The van der Waals surface area contributed by atoms with Gasteiger partial charge in [-0.3, -0.25) is 4.79 Å². The summed E-state index contributed by atoms with van der Waals surface area (Å²) in [7, 11) is 0. The molecule has 1 aromatic carbocycles. The summed E-state index contributed by atoms with van der Waals surface area (Å²) in [5.41, 5.74) is -0.389. The molecule has 0 aliphatic rings. The number of aliphatic carboxylic acids is 1. The lowest BCUT2D eigenvalue weighted by Crippen LogP contribution is -2.27. The van der Waals surface area contributed by atoms with E-state index in [9.17, 15) is 4.79 Å². The van der Waals surface area contributed by atoms with Gasteiger partial charge < -0.3 is 9.52 Å². The summed E-state index contributed by atoms with van der Waals surface area (Å²) < 4.78 is 5.51. The second kappa shape index (κ2) is 3.52. The van der Waals surface area contributed by atoms with Gasteiger partial charge in [-0.2, -0.15) is 0 Å². The molecule has 2 rings (SSSR count). The molecule has 0 fully saturated rings. The van der Waals surface area contributed by atoms with Crippen LogP contribution < -0.4 is 0 Å². The fraction of sp³-hybridized carbons (Fsp3) is 0.250. The highest BCUT2D eigenvalue weighted by atomic mass is 35.5. The number of rotatable bonds is 2. The molecule has 0 saturated carbocycles. The Morgan fingerprint density at radius 2 is 2.06 bits per heavy atom. The van der Waals surface area contributed by atoms with Crippen molar-refractivity contribution in [1.29, 1.82) is 0 Å². The van der Waals surface area contributed by atoms with Crippen LogP contribution in [0, 0.1) is 0 Å². The van der Waals surface area contributed by atoms with Gasteiger partial charge in [-0.15, -0.1) is 0 Å². The summed E-state index contributed by atoms with van der Waals surface area (Å²) in [6.07, 6.45) is 0. The fourth-order valence-corrected chi connectivity index (χ4v) is 1.61. The van der Waals surface area contributed by atoms with Gasteiger partial charge in [0.2, 0.25) is 0 Å². The maximum absolute atomic E-state index is 11.1. The van der Waals surface area contributed by atoms with Gasteiger partial charge in [-0.05, 0) is 38.1 Å². The molecular formula is C12H11ClO3. The van der Waals surface area contributed by atoms with Gasteiger partial charge in [-0.25, -0.2) is 0 Å². The quantitative estimate of drug-likeness (QED) is 0.872. The number of carboxylic acids is 1. The lowest BCUT2D eigenvalue weighted by Gasteiger charge is -2.15. The van der Waals surface area contributed by atoms with Gasteiger partial charge in [0.25, 0.3) is 0 Å². The molecule has 1 aromatic heterocycles. The van der Waals surface area contributed by atoms with Crippen LogP contribution in [0.4, 0.5) is 0 Å². The average Bonchev–Trinajstić information content (AvgIpc) is 2.60. The van der Waals surface area contributed by atoms with Gasteiger partial charge in [-0.1, -0.05) is 11.6 Å². The number of halogens is 1. The van der Waals surface area contributed by atoms with E-state index in [1.54, 1.807) is 38.1 Å². The first kappa shape index (κ1) is 11.0. The molecule has 3 nitrogen and oxygen atoms in total. The summed E-state index contributed by atoms with van der Waals surface area (Å²) in [4.78, 5) is 11.1. The number of carbonyl (C=O) groups is 1. The van der Waals surface area contributed by atoms with Crippen molar-refractivity contribution in [2.24, 2.45) is 0 Å². The third kappa shape index (κ3) is 1.67. The van der Waals surface area contributed by atoms with Crippen LogP contribution in [-0.4, -0.2) is 11.1 Å². The summed E-state index contributed by atoms with van der Waals surface area (Å²) >= 11 is 5.85. The highest BCUT2D eigenvalue weighted by Gasteiger charge is 2.33. The zero-order chi connectivity index (χ0) is 11.9. The highest BCUT2D eigenvalue weighted by molar-refractivity contribution is 6.31. The van der Waals surface area contributed by atoms with Crippen LogP contribution in [0.3, 0.4) is 0 Å². The molecule has 0 atom stereocenters. The molecule has 0 aliphatic carbocycles. The number of fused-ring (bicyclic) bond motifs is 1. The molecule has 2 aromatic rings. The zero-order valence-electron chi connectivity index (χ0n) is 8.95. The molecule has 0 amide bonds. The first-order valence-corrected chi connectivity index (χ1v) is 5.22. The Morgan fingerprint density at radius 1 is 1.38 bits per heavy atom. The summed E-state index contributed by atoms with van der Waals surface area (Å²) in [5, 5.41) is 10.5. The standard InChI is InChI=1S/C12H11ClO3/c1-12(2,11(14)15)10-6-7-5-8(13)3-4-9(7)16-10/h3-6H,1-2H3,(H,14,15). The van der Waals surface area contributed by atoms with Crippen LogP contribution in [0.25, 0.3) is 11.0 Å². The van der Waals surface area contributed by atoms with Crippen LogP contribution in [0.1, 0.15) is 19.6 Å². The van der Waals surface area contributed by atoms with Gasteiger partial charge in [0.15, 0.2) is 0 Å². The Bertz CT molecular complexity index is 554. The van der Waals surface area contributed by atoms with E-state index in [1.807, 2.05) is 0 Å². The molecule has 0 bridgehead atoms. The second-order valence-electron chi connectivity index (χ2n) is 4.22. The molecule has 4 heteroatoms. The SMILES string of the molecule is CC(C)(C(=O)O)c1cc2cc(Cl)ccc2o1. The first-order valence-electron chi connectivity index (χ1n) is 4.84. The van der Waals surface area contributed by atoms with E-state index >= 15 is 0 Å². The largest absolute Gasteiger partial charge is 0.481 e. The third-order valence-corrected chi connectivity index (χ3v) is 2.86. The van der Waals surface area contributed by atoms with E-state index in [4.69, 9.17) is 21.1 Å². The average molecular weight is 239 g/mol. The second-order valence-corrected chi connectivity index (χ2v) is 4.66. The molecule has 1 N–H and O–H groups in total. The number of hydrogen-bond acceptors (Lipinski definition) is 2. The van der Waals surface area contributed by atoms with Gasteiger partial charge >= 0.3 is 5.97 Å². The predicted molar refractivity (Wildman–Crippen MR) is 61.9 cm³/mol. The van der Waals surface area contributed by atoms with E-state index in [1.165, 1.54) is 0 Å². The molecule has 84 valence electrons. The predicted octanol–water partition coefficient (Wildman–Crippen LogP) is 3.45. The van der Waals surface area contributed by atoms with Crippen LogP contribution in [0.5, 0.6) is 0 Å². The van der Waals surface area contributed by atoms with Crippen molar-refractivity contribution in [3.8, 4) is 0 Å². The van der Waals surface area contributed by atoms with Crippen LogP contribution in [-0.2, 0) is 10.2 Å². The van der Waals surface area contributed by atoms with Crippen LogP contribution in [0.2, 0.25) is 5.02 Å². The van der Waals surface area contributed by atoms with E-state index < -0.39 is 11.4 Å². The summed E-state index contributed by atoms with van der Waals surface area (Å²) in [6, 6.07) is 6.92. The monoisotopic (exact) mass is 238 g/mol. The van der Waals surface area contributed by atoms with Crippen molar-refractivity contribution >= 4 is 28.5 Å². The van der Waals surface area contributed by atoms with Crippen molar-refractivity contribution in [1.82, 2.24) is 0 Å². The van der Waals surface area contributed by atoms with Gasteiger partial charge in [0, 0.05) is 10.4 Å². The molecule has 0 unspecified atom stereocenters. The molecule has 0 radical (unpaired) electrons. The van der Waals surface area contributed by atoms with Gasteiger partial charge in [0.05, 0.1) is 0 Å².